The first kappa shape index (κ1) is 15.3. The molecule has 23 heavy (non-hydrogen) atoms. The summed E-state index contributed by atoms with van der Waals surface area (Å²) in [6.07, 6.45) is 8.51. The van der Waals surface area contributed by atoms with E-state index in [1.807, 2.05) is 30.3 Å². The number of nitrogens with zero attached hydrogens (tertiary/aromatic N) is 2. The van der Waals surface area contributed by atoms with Crippen LogP contribution in [-0.4, -0.2) is 11.2 Å². The molecule has 1 heterocycles. The average Bonchev–Trinajstić information content (AvgIpc) is 3.07. The second-order valence-corrected chi connectivity index (χ2v) is 5.64. The number of ether oxygens (including phenoxy) is 1. The number of benzene rings is 2. The molecule has 3 aromatic rings. The van der Waals surface area contributed by atoms with Gasteiger partial charge in [0.05, 0.1) is 19.7 Å². The van der Waals surface area contributed by atoms with Gasteiger partial charge in [0.25, 0.3) is 0 Å². The molecule has 1 aromatic heterocycles. The Morgan fingerprint density at radius 1 is 0.913 bits per heavy atom. The highest BCUT2D eigenvalue weighted by atomic mass is 16.5. The van der Waals surface area contributed by atoms with Crippen molar-refractivity contribution in [1.29, 1.82) is 0 Å². The summed E-state index contributed by atoms with van der Waals surface area (Å²) in [5.74, 6) is 0.943. The Morgan fingerprint density at radius 2 is 1.65 bits per heavy atom. The van der Waals surface area contributed by atoms with Crippen LogP contribution in [0.1, 0.15) is 12.0 Å². The molecule has 0 unspecified atom stereocenters. The summed E-state index contributed by atoms with van der Waals surface area (Å²) in [5, 5.41) is 0. The van der Waals surface area contributed by atoms with Crippen LogP contribution in [0.5, 0.6) is 5.75 Å². The van der Waals surface area contributed by atoms with E-state index in [1.165, 1.54) is 5.56 Å². The third-order valence-corrected chi connectivity index (χ3v) is 3.82. The van der Waals surface area contributed by atoms with E-state index < -0.39 is 0 Å². The number of aryl methyl sites for hydroxylation is 3. The third-order valence-electron chi connectivity index (χ3n) is 3.82. The van der Waals surface area contributed by atoms with Gasteiger partial charge in [-0.3, -0.25) is 0 Å². The summed E-state index contributed by atoms with van der Waals surface area (Å²) in [7, 11) is 0. The first-order chi connectivity index (χ1) is 11.4. The molecule has 3 heteroatoms. The van der Waals surface area contributed by atoms with Crippen molar-refractivity contribution in [2.45, 2.75) is 25.9 Å². The molecule has 3 rings (SSSR count). The molecule has 0 aliphatic heterocycles. The molecule has 3 nitrogen and oxygen atoms in total. The number of hydrogen-bond acceptors (Lipinski definition) is 1. The highest BCUT2D eigenvalue weighted by molar-refractivity contribution is 5.20. The van der Waals surface area contributed by atoms with Gasteiger partial charge >= 0.3 is 0 Å². The van der Waals surface area contributed by atoms with Crippen LogP contribution in [0.4, 0.5) is 0 Å². The van der Waals surface area contributed by atoms with E-state index in [2.05, 4.69) is 58.2 Å². The van der Waals surface area contributed by atoms with E-state index >= 15 is 0 Å². The smallest absolute Gasteiger partial charge is 0.243 e. The molecule has 0 saturated heterocycles. The average molecular weight is 307 g/mol. The lowest BCUT2D eigenvalue weighted by molar-refractivity contribution is -0.696. The molecule has 2 aromatic carbocycles. The molecular weight excluding hydrogens is 284 g/mol. The maximum atomic E-state index is 5.72. The van der Waals surface area contributed by atoms with E-state index in [0.29, 0.717) is 0 Å². The Hall–Kier alpha value is -2.55. The lowest BCUT2D eigenvalue weighted by atomic mass is 10.1. The van der Waals surface area contributed by atoms with Crippen LogP contribution in [0.15, 0.2) is 79.4 Å². The topological polar surface area (TPSA) is 18.0 Å². The van der Waals surface area contributed by atoms with Gasteiger partial charge in [-0.15, -0.1) is 0 Å². The Kier molecular flexibility index (Phi) is 5.46. The second-order valence-electron chi connectivity index (χ2n) is 5.64. The van der Waals surface area contributed by atoms with Crippen LogP contribution >= 0.6 is 0 Å². The second kappa shape index (κ2) is 8.18. The zero-order valence-electron chi connectivity index (χ0n) is 13.3. The third kappa shape index (κ3) is 4.99. The molecule has 0 N–H and O–H groups in total. The molecule has 0 radical (unpaired) electrons. The van der Waals surface area contributed by atoms with E-state index in [1.54, 1.807) is 0 Å². The maximum Gasteiger partial charge on any atom is 0.243 e. The molecule has 0 saturated carbocycles. The fourth-order valence-corrected chi connectivity index (χ4v) is 2.56. The monoisotopic (exact) mass is 307 g/mol. The van der Waals surface area contributed by atoms with E-state index in [9.17, 15) is 0 Å². The minimum absolute atomic E-state index is 0.742. The molecule has 0 aliphatic carbocycles. The molecule has 118 valence electrons. The van der Waals surface area contributed by atoms with Crippen LogP contribution < -0.4 is 9.30 Å². The van der Waals surface area contributed by atoms with Gasteiger partial charge in [-0.05, 0) is 17.7 Å². The molecule has 0 amide bonds. The van der Waals surface area contributed by atoms with Gasteiger partial charge < -0.3 is 4.74 Å². The molecule has 0 aliphatic rings. The first-order valence-corrected chi connectivity index (χ1v) is 8.17. The van der Waals surface area contributed by atoms with Crippen LogP contribution in [0.3, 0.4) is 0 Å². The predicted octanol–water partition coefficient (Wildman–Crippen LogP) is 3.49. The highest BCUT2D eigenvalue weighted by Crippen LogP contribution is 2.08. The number of aromatic nitrogens is 2. The quantitative estimate of drug-likeness (QED) is 0.460. The normalized spacial score (nSPS) is 10.6. The van der Waals surface area contributed by atoms with Gasteiger partial charge in [0, 0.05) is 12.8 Å². The molecule has 0 fully saturated rings. The molecule has 0 spiro atoms. The fraction of sp³-hybridized carbons (Fsp3) is 0.250. The number of hydrogen-bond donors (Lipinski definition) is 0. The zero-order valence-corrected chi connectivity index (χ0v) is 13.3. The standard InChI is InChI=1S/C20H23N2O/c1-3-8-19(9-4-1)12-14-22-16-15-21(18-22)13-7-17-23-20-10-5-2-6-11-20/h1-6,8-11,15-16,18H,7,12-14,17H2/q+1. The lowest BCUT2D eigenvalue weighted by Gasteiger charge is -2.04. The van der Waals surface area contributed by atoms with Gasteiger partial charge in [-0.1, -0.05) is 48.5 Å². The molecule has 0 atom stereocenters. The van der Waals surface area contributed by atoms with E-state index in [4.69, 9.17) is 4.74 Å². The minimum atomic E-state index is 0.742. The summed E-state index contributed by atoms with van der Waals surface area (Å²) >= 11 is 0. The van der Waals surface area contributed by atoms with Crippen molar-refractivity contribution in [3.05, 3.63) is 84.9 Å². The lowest BCUT2D eigenvalue weighted by Crippen LogP contribution is -2.31. The van der Waals surface area contributed by atoms with Crippen molar-refractivity contribution >= 4 is 0 Å². The summed E-state index contributed by atoms with van der Waals surface area (Å²) in [4.78, 5) is 0. The van der Waals surface area contributed by atoms with E-state index in [0.717, 1.165) is 38.3 Å². The van der Waals surface area contributed by atoms with Crippen molar-refractivity contribution in [2.24, 2.45) is 0 Å². The van der Waals surface area contributed by atoms with Gasteiger partial charge in [-0.25, -0.2) is 9.13 Å². The van der Waals surface area contributed by atoms with Crippen molar-refractivity contribution in [1.82, 2.24) is 4.57 Å². The number of imidazole rings is 1. The maximum absolute atomic E-state index is 5.72. The molecular formula is C20H23N2O+. The fourth-order valence-electron chi connectivity index (χ4n) is 2.56. The van der Waals surface area contributed by atoms with Crippen molar-refractivity contribution in [2.75, 3.05) is 6.61 Å². The Balaban J connectivity index is 1.39. The molecule has 0 bridgehead atoms. The number of rotatable bonds is 8. The SMILES string of the molecule is c1ccc(CCn2cc[n+](CCCOc3ccccc3)c2)cc1. The Bertz CT molecular complexity index is 692. The van der Waals surface area contributed by atoms with Crippen LogP contribution in [0.2, 0.25) is 0 Å². The number of para-hydroxylation sites is 1. The van der Waals surface area contributed by atoms with Crippen LogP contribution in [0.25, 0.3) is 0 Å². The summed E-state index contributed by atoms with van der Waals surface area (Å²) in [5.41, 5.74) is 1.38. The Morgan fingerprint density at radius 3 is 2.43 bits per heavy atom. The highest BCUT2D eigenvalue weighted by Gasteiger charge is 2.04. The first-order valence-electron chi connectivity index (χ1n) is 8.17. The van der Waals surface area contributed by atoms with E-state index in [-0.39, 0.29) is 0 Å². The van der Waals surface area contributed by atoms with Gasteiger partial charge in [0.2, 0.25) is 6.33 Å². The van der Waals surface area contributed by atoms with Gasteiger partial charge in [0.1, 0.15) is 18.1 Å². The van der Waals surface area contributed by atoms with Gasteiger partial charge in [-0.2, -0.15) is 0 Å². The largest absolute Gasteiger partial charge is 0.493 e. The Labute approximate surface area is 137 Å². The van der Waals surface area contributed by atoms with Crippen molar-refractivity contribution in [3.8, 4) is 5.75 Å². The summed E-state index contributed by atoms with van der Waals surface area (Å²) < 4.78 is 10.2. The van der Waals surface area contributed by atoms with Crippen LogP contribution in [-0.2, 0) is 19.5 Å². The van der Waals surface area contributed by atoms with Crippen molar-refractivity contribution < 1.29 is 9.30 Å². The zero-order chi connectivity index (χ0) is 15.7. The summed E-state index contributed by atoms with van der Waals surface area (Å²) in [6.45, 7) is 2.73. The minimum Gasteiger partial charge on any atom is -0.493 e. The summed E-state index contributed by atoms with van der Waals surface area (Å²) in [6, 6.07) is 20.6. The predicted molar refractivity (Wildman–Crippen MR) is 91.3 cm³/mol. The van der Waals surface area contributed by atoms with Gasteiger partial charge in [0.15, 0.2) is 0 Å². The van der Waals surface area contributed by atoms with Crippen molar-refractivity contribution in [3.63, 3.8) is 0 Å². The van der Waals surface area contributed by atoms with Crippen LogP contribution in [0, 0.1) is 0 Å².